The second kappa shape index (κ2) is 9.84. The smallest absolute Gasteiger partial charge is 0.326 e. The van der Waals surface area contributed by atoms with Crippen LogP contribution >= 0.6 is 0 Å². The van der Waals surface area contributed by atoms with Crippen molar-refractivity contribution >= 4 is 46.7 Å². The molecule has 1 unspecified atom stereocenters. The van der Waals surface area contributed by atoms with Gasteiger partial charge in [-0.15, -0.1) is 0 Å². The number of anilines is 3. The second-order valence-corrected chi connectivity index (χ2v) is 8.54. The summed E-state index contributed by atoms with van der Waals surface area (Å²) in [5.74, 6) is -2.07. The number of ether oxygens (including phenoxy) is 1. The number of benzene rings is 2. The van der Waals surface area contributed by atoms with Gasteiger partial charge in [-0.05, 0) is 57.5 Å². The van der Waals surface area contributed by atoms with Crippen LogP contribution < -0.4 is 26.0 Å². The number of methoxy groups -OCH3 is 1. The van der Waals surface area contributed by atoms with Gasteiger partial charge in [0.2, 0.25) is 0 Å². The Morgan fingerprint density at radius 3 is 2.26 bits per heavy atom. The van der Waals surface area contributed by atoms with Crippen LogP contribution in [0.1, 0.15) is 26.3 Å². The van der Waals surface area contributed by atoms with Crippen LogP contribution in [0.15, 0.2) is 42.5 Å². The van der Waals surface area contributed by atoms with E-state index < -0.39 is 41.2 Å². The number of urea groups is 2. The van der Waals surface area contributed by atoms with Gasteiger partial charge in [-0.25, -0.2) is 14.5 Å². The molecule has 2 aromatic carbocycles. The average molecular weight is 482 g/mol. The largest absolute Gasteiger partial charge is 0.495 e. The van der Waals surface area contributed by atoms with Crippen molar-refractivity contribution in [3.8, 4) is 5.75 Å². The molecule has 0 radical (unpaired) electrons. The quantitative estimate of drug-likeness (QED) is 0.353. The number of aryl methyl sites for hydroxylation is 1. The van der Waals surface area contributed by atoms with Crippen molar-refractivity contribution < 1.29 is 28.7 Å². The number of amides is 6. The summed E-state index contributed by atoms with van der Waals surface area (Å²) in [6.45, 7) is 5.92. The maximum Gasteiger partial charge on any atom is 0.326 e. The van der Waals surface area contributed by atoms with Gasteiger partial charge >= 0.3 is 12.1 Å². The Bertz CT molecular complexity index is 1210. The highest BCUT2D eigenvalue weighted by atomic mass is 16.5. The van der Waals surface area contributed by atoms with Gasteiger partial charge in [0.25, 0.3) is 11.8 Å². The predicted molar refractivity (Wildman–Crippen MR) is 129 cm³/mol. The highest BCUT2D eigenvalue weighted by Crippen LogP contribution is 2.29. The van der Waals surface area contributed by atoms with Crippen LogP contribution in [0.3, 0.4) is 0 Å². The van der Waals surface area contributed by atoms with E-state index in [1.54, 1.807) is 18.2 Å². The van der Waals surface area contributed by atoms with Crippen molar-refractivity contribution in [2.75, 3.05) is 23.1 Å². The van der Waals surface area contributed by atoms with E-state index in [0.29, 0.717) is 16.3 Å². The summed E-state index contributed by atoms with van der Waals surface area (Å²) >= 11 is 0. The first-order valence-corrected chi connectivity index (χ1v) is 10.7. The lowest BCUT2D eigenvalue weighted by molar-refractivity contribution is -0.141. The fourth-order valence-corrected chi connectivity index (χ4v) is 3.57. The molecule has 2 aromatic rings. The minimum absolute atomic E-state index is 0.128. The van der Waals surface area contributed by atoms with E-state index in [2.05, 4.69) is 21.3 Å². The van der Waals surface area contributed by atoms with Gasteiger partial charge in [-0.2, -0.15) is 0 Å². The fraction of sp³-hybridized carbons (Fsp3) is 0.292. The second-order valence-electron chi connectivity index (χ2n) is 8.54. The molecule has 0 aliphatic carbocycles. The Labute approximate surface area is 202 Å². The number of carbonyl (C=O) groups excluding carboxylic acids is 5. The highest BCUT2D eigenvalue weighted by Gasteiger charge is 2.50. The van der Waals surface area contributed by atoms with Gasteiger partial charge in [-0.3, -0.25) is 14.4 Å². The topological polar surface area (TPSA) is 146 Å². The third-order valence-corrected chi connectivity index (χ3v) is 5.39. The molecule has 0 spiro atoms. The number of carbonyl (C=O) groups is 5. The molecule has 1 saturated heterocycles. The molecule has 11 heteroatoms. The van der Waals surface area contributed by atoms with Gasteiger partial charge in [0, 0.05) is 11.4 Å². The fourth-order valence-electron chi connectivity index (χ4n) is 3.57. The molecule has 35 heavy (non-hydrogen) atoms. The van der Waals surface area contributed by atoms with Gasteiger partial charge in [0.05, 0.1) is 12.8 Å². The molecule has 3 rings (SSSR count). The number of para-hydroxylation sites is 1. The van der Waals surface area contributed by atoms with Crippen molar-refractivity contribution in [2.24, 2.45) is 0 Å². The van der Waals surface area contributed by atoms with E-state index in [-0.39, 0.29) is 11.4 Å². The van der Waals surface area contributed by atoms with Gasteiger partial charge in [-0.1, -0.05) is 18.2 Å². The minimum atomic E-state index is -1.69. The zero-order valence-electron chi connectivity index (χ0n) is 20.0. The number of imide groups is 1. The Balaban J connectivity index is 1.81. The number of nitrogens with zero attached hydrogens (tertiary/aromatic N) is 1. The maximum absolute atomic E-state index is 13.1. The Hall–Kier alpha value is -4.41. The standard InChI is InChI=1S/C24H27N5O6/c1-13-8-6-7-9-16(13)27-22(33)25-15-10-11-18(35-5)17(12-15)26-20(31)19(14(2)30)29-21(32)24(3,4)28-23(29)34/h6-12,19H,1-5H3,(H,26,31)(H,28,34)(H2,25,27,33). The van der Waals surface area contributed by atoms with Crippen LogP contribution in [-0.4, -0.2) is 53.3 Å². The highest BCUT2D eigenvalue weighted by molar-refractivity contribution is 6.19. The number of nitrogens with one attached hydrogen (secondary N) is 4. The zero-order valence-corrected chi connectivity index (χ0v) is 20.0. The lowest BCUT2D eigenvalue weighted by Gasteiger charge is -2.23. The van der Waals surface area contributed by atoms with E-state index >= 15 is 0 Å². The molecule has 11 nitrogen and oxygen atoms in total. The first-order valence-electron chi connectivity index (χ1n) is 10.7. The number of hydrogen-bond acceptors (Lipinski definition) is 6. The van der Waals surface area contributed by atoms with Crippen LogP contribution in [0.2, 0.25) is 0 Å². The molecule has 1 fully saturated rings. The summed E-state index contributed by atoms with van der Waals surface area (Å²) in [7, 11) is 1.38. The van der Waals surface area contributed by atoms with Gasteiger partial charge in [0.15, 0.2) is 11.8 Å². The molecule has 0 saturated carbocycles. The average Bonchev–Trinajstić information content (AvgIpc) is 2.97. The predicted octanol–water partition coefficient (Wildman–Crippen LogP) is 2.87. The molecule has 1 heterocycles. The summed E-state index contributed by atoms with van der Waals surface area (Å²) < 4.78 is 5.27. The number of ketones is 1. The van der Waals surface area contributed by atoms with Crippen molar-refractivity contribution in [1.29, 1.82) is 0 Å². The Kier molecular flexibility index (Phi) is 7.09. The number of Topliss-reactive ketones (excluding diaryl/α,β-unsaturated/α-hetero) is 1. The lowest BCUT2D eigenvalue weighted by Crippen LogP contribution is -2.52. The monoisotopic (exact) mass is 481 g/mol. The van der Waals surface area contributed by atoms with E-state index in [0.717, 1.165) is 12.5 Å². The molecule has 1 atom stereocenters. The van der Waals surface area contributed by atoms with Crippen LogP contribution in [0, 0.1) is 6.92 Å². The van der Waals surface area contributed by atoms with Crippen molar-refractivity contribution in [1.82, 2.24) is 10.2 Å². The summed E-state index contributed by atoms with van der Waals surface area (Å²) in [6, 6.07) is 8.73. The lowest BCUT2D eigenvalue weighted by atomic mass is 10.0. The van der Waals surface area contributed by atoms with E-state index in [1.807, 2.05) is 19.1 Å². The molecule has 184 valence electrons. The third kappa shape index (κ3) is 5.40. The molecule has 1 aliphatic heterocycles. The van der Waals surface area contributed by atoms with E-state index in [4.69, 9.17) is 4.74 Å². The van der Waals surface area contributed by atoms with Crippen molar-refractivity contribution in [2.45, 2.75) is 39.3 Å². The zero-order chi connectivity index (χ0) is 25.9. The summed E-state index contributed by atoms with van der Waals surface area (Å²) in [5, 5.41) is 10.4. The SMILES string of the molecule is COc1ccc(NC(=O)Nc2ccccc2C)cc1NC(=O)C(C(C)=O)N1C(=O)NC(C)(C)C1=O. The third-order valence-electron chi connectivity index (χ3n) is 5.39. The van der Waals surface area contributed by atoms with Crippen LogP contribution in [0.4, 0.5) is 26.7 Å². The molecule has 6 amide bonds. The molecule has 0 bridgehead atoms. The molecule has 4 N–H and O–H groups in total. The van der Waals surface area contributed by atoms with Crippen molar-refractivity contribution in [3.63, 3.8) is 0 Å². The minimum Gasteiger partial charge on any atom is -0.495 e. The molecule has 1 aliphatic rings. The first-order chi connectivity index (χ1) is 16.4. The van der Waals surface area contributed by atoms with Crippen LogP contribution in [-0.2, 0) is 14.4 Å². The molecular formula is C24H27N5O6. The number of hydrogen-bond donors (Lipinski definition) is 4. The summed E-state index contributed by atoms with van der Waals surface area (Å²) in [4.78, 5) is 63.4. The number of rotatable bonds is 7. The van der Waals surface area contributed by atoms with Crippen LogP contribution in [0.25, 0.3) is 0 Å². The first kappa shape index (κ1) is 25.2. The maximum atomic E-state index is 13.1. The molecular weight excluding hydrogens is 454 g/mol. The van der Waals surface area contributed by atoms with Crippen molar-refractivity contribution in [3.05, 3.63) is 48.0 Å². The normalized spacial score (nSPS) is 15.2. The van der Waals surface area contributed by atoms with Crippen LogP contribution in [0.5, 0.6) is 5.75 Å². The Morgan fingerprint density at radius 1 is 1.00 bits per heavy atom. The van der Waals surface area contributed by atoms with E-state index in [1.165, 1.54) is 33.1 Å². The van der Waals surface area contributed by atoms with Gasteiger partial charge < -0.3 is 26.0 Å². The Morgan fingerprint density at radius 2 is 1.69 bits per heavy atom. The summed E-state index contributed by atoms with van der Waals surface area (Å²) in [6.07, 6.45) is 0. The molecule has 0 aromatic heterocycles. The van der Waals surface area contributed by atoms with E-state index in [9.17, 15) is 24.0 Å². The van der Waals surface area contributed by atoms with Gasteiger partial charge in [0.1, 0.15) is 11.3 Å². The summed E-state index contributed by atoms with van der Waals surface area (Å²) in [5.41, 5.74) is 0.709.